The number of carbonyl (C=O) groups is 2. The number of hydrogen-bond acceptors (Lipinski definition) is 2. The summed E-state index contributed by atoms with van der Waals surface area (Å²) in [4.78, 5) is 23.6. The maximum absolute atomic E-state index is 14.2. The largest absolute Gasteiger partial charge is 0.465 e. The van der Waals surface area contributed by atoms with Gasteiger partial charge in [-0.1, -0.05) is 23.7 Å². The molecule has 22 heavy (non-hydrogen) atoms. The molecule has 120 valence electrons. The Kier molecular flexibility index (Phi) is 4.85. The summed E-state index contributed by atoms with van der Waals surface area (Å²) >= 11 is 5.65. The van der Waals surface area contributed by atoms with Gasteiger partial charge in [0, 0.05) is 29.7 Å². The van der Waals surface area contributed by atoms with Gasteiger partial charge in [0.25, 0.3) is 5.91 Å². The van der Waals surface area contributed by atoms with Crippen LogP contribution in [0.1, 0.15) is 18.4 Å². The first-order chi connectivity index (χ1) is 10.3. The molecule has 1 fully saturated rings. The van der Waals surface area contributed by atoms with Crippen LogP contribution in [0, 0.1) is 0 Å². The molecule has 2 amide bonds. The summed E-state index contributed by atoms with van der Waals surface area (Å²) in [7, 11) is 0. The highest BCUT2D eigenvalue weighted by molar-refractivity contribution is 6.30. The van der Waals surface area contributed by atoms with Crippen molar-refractivity contribution in [3.63, 3.8) is 0 Å². The number of rotatable bonds is 3. The molecule has 2 N–H and O–H groups in total. The SMILES string of the molecule is O=C(O)NC1CCN(C(=O)C(F)(F)c2ccc(Cl)cc2)CC1. The fourth-order valence-corrected chi connectivity index (χ4v) is 2.51. The van der Waals surface area contributed by atoms with E-state index in [1.165, 1.54) is 12.1 Å². The van der Waals surface area contributed by atoms with Gasteiger partial charge in [-0.2, -0.15) is 8.78 Å². The predicted molar refractivity (Wildman–Crippen MR) is 76.1 cm³/mol. The lowest BCUT2D eigenvalue weighted by molar-refractivity contribution is -0.160. The number of nitrogens with one attached hydrogen (secondary N) is 1. The van der Waals surface area contributed by atoms with Gasteiger partial charge in [0.1, 0.15) is 0 Å². The average molecular weight is 333 g/mol. The number of carbonyl (C=O) groups excluding carboxylic acids is 1. The highest BCUT2D eigenvalue weighted by atomic mass is 35.5. The van der Waals surface area contributed by atoms with Gasteiger partial charge in [0.15, 0.2) is 0 Å². The number of piperidine rings is 1. The van der Waals surface area contributed by atoms with Crippen molar-refractivity contribution in [2.75, 3.05) is 13.1 Å². The van der Waals surface area contributed by atoms with E-state index in [1.54, 1.807) is 0 Å². The molecule has 5 nitrogen and oxygen atoms in total. The molecule has 0 aliphatic carbocycles. The summed E-state index contributed by atoms with van der Waals surface area (Å²) in [6, 6.07) is 4.55. The fraction of sp³-hybridized carbons (Fsp3) is 0.429. The Morgan fingerprint density at radius 1 is 1.23 bits per heavy atom. The van der Waals surface area contributed by atoms with Crippen LogP contribution >= 0.6 is 11.6 Å². The maximum atomic E-state index is 14.2. The second-order valence-electron chi connectivity index (χ2n) is 5.10. The van der Waals surface area contributed by atoms with Crippen LogP contribution in [0.25, 0.3) is 0 Å². The molecule has 1 heterocycles. The van der Waals surface area contributed by atoms with Gasteiger partial charge in [-0.25, -0.2) is 4.79 Å². The second kappa shape index (κ2) is 6.48. The lowest BCUT2D eigenvalue weighted by Gasteiger charge is -2.33. The highest BCUT2D eigenvalue weighted by Crippen LogP contribution is 2.32. The molecule has 0 unspecified atom stereocenters. The summed E-state index contributed by atoms with van der Waals surface area (Å²) < 4.78 is 28.5. The van der Waals surface area contributed by atoms with Crippen LogP contribution in [0.5, 0.6) is 0 Å². The number of nitrogens with zero attached hydrogens (tertiary/aromatic N) is 1. The number of likely N-dealkylation sites (tertiary alicyclic amines) is 1. The molecule has 0 radical (unpaired) electrons. The first kappa shape index (κ1) is 16.5. The van der Waals surface area contributed by atoms with E-state index in [1.807, 2.05) is 0 Å². The molecule has 2 rings (SSSR count). The van der Waals surface area contributed by atoms with Crippen LogP contribution < -0.4 is 5.32 Å². The Labute approximate surface area is 130 Å². The van der Waals surface area contributed by atoms with Crippen LogP contribution in [0.15, 0.2) is 24.3 Å². The van der Waals surface area contributed by atoms with E-state index < -0.39 is 23.5 Å². The van der Waals surface area contributed by atoms with Gasteiger partial charge in [-0.15, -0.1) is 0 Å². The van der Waals surface area contributed by atoms with E-state index in [4.69, 9.17) is 16.7 Å². The van der Waals surface area contributed by atoms with E-state index in [2.05, 4.69) is 5.32 Å². The molecular weight excluding hydrogens is 318 g/mol. The van der Waals surface area contributed by atoms with E-state index in [0.29, 0.717) is 17.9 Å². The van der Waals surface area contributed by atoms with Crippen molar-refractivity contribution in [2.45, 2.75) is 24.8 Å². The topological polar surface area (TPSA) is 69.6 Å². The smallest absolute Gasteiger partial charge is 0.404 e. The van der Waals surface area contributed by atoms with Crippen molar-refractivity contribution in [2.24, 2.45) is 0 Å². The van der Waals surface area contributed by atoms with Gasteiger partial charge in [0.2, 0.25) is 0 Å². The summed E-state index contributed by atoms with van der Waals surface area (Å²) in [6.45, 7) is 0.180. The zero-order valence-corrected chi connectivity index (χ0v) is 12.3. The van der Waals surface area contributed by atoms with E-state index in [-0.39, 0.29) is 19.1 Å². The van der Waals surface area contributed by atoms with Crippen molar-refractivity contribution in [3.8, 4) is 0 Å². The van der Waals surface area contributed by atoms with Gasteiger partial charge >= 0.3 is 12.0 Å². The van der Waals surface area contributed by atoms with Crippen molar-refractivity contribution in [1.82, 2.24) is 10.2 Å². The third-order valence-corrected chi connectivity index (χ3v) is 3.84. The van der Waals surface area contributed by atoms with Crippen molar-refractivity contribution < 1.29 is 23.5 Å². The third kappa shape index (κ3) is 3.65. The molecular formula is C14H15ClF2N2O3. The molecule has 0 aromatic heterocycles. The molecule has 0 saturated carbocycles. The first-order valence-electron chi connectivity index (χ1n) is 6.73. The number of amides is 2. The predicted octanol–water partition coefficient (Wildman–Crippen LogP) is 2.69. The minimum Gasteiger partial charge on any atom is -0.465 e. The molecule has 1 aromatic carbocycles. The number of benzene rings is 1. The molecule has 1 aromatic rings. The molecule has 1 saturated heterocycles. The van der Waals surface area contributed by atoms with Crippen LogP contribution in [0.3, 0.4) is 0 Å². The van der Waals surface area contributed by atoms with E-state index in [0.717, 1.165) is 17.0 Å². The zero-order valence-electron chi connectivity index (χ0n) is 11.6. The second-order valence-corrected chi connectivity index (χ2v) is 5.53. The van der Waals surface area contributed by atoms with Crippen LogP contribution in [-0.2, 0) is 10.7 Å². The molecule has 0 spiro atoms. The minimum atomic E-state index is -3.63. The minimum absolute atomic E-state index is 0.0902. The Hall–Kier alpha value is -1.89. The molecule has 8 heteroatoms. The molecule has 1 aliphatic rings. The molecule has 0 bridgehead atoms. The number of alkyl halides is 2. The lowest BCUT2D eigenvalue weighted by Crippen LogP contribution is -2.50. The van der Waals surface area contributed by atoms with E-state index >= 15 is 0 Å². The van der Waals surface area contributed by atoms with Gasteiger partial charge in [-0.05, 0) is 25.0 Å². The summed E-state index contributed by atoms with van der Waals surface area (Å²) in [6.07, 6.45) is -0.528. The summed E-state index contributed by atoms with van der Waals surface area (Å²) in [5, 5.41) is 11.2. The number of carboxylic acid groups (broad SMARTS) is 1. The average Bonchev–Trinajstić information content (AvgIpc) is 2.47. The monoisotopic (exact) mass is 332 g/mol. The van der Waals surface area contributed by atoms with Gasteiger partial charge < -0.3 is 15.3 Å². The van der Waals surface area contributed by atoms with Crippen molar-refractivity contribution >= 4 is 23.6 Å². The van der Waals surface area contributed by atoms with Gasteiger partial charge in [-0.3, -0.25) is 4.79 Å². The standard InChI is InChI=1S/C14H15ClF2N2O3/c15-10-3-1-9(2-4-10)14(16,17)12(20)19-7-5-11(6-8-19)18-13(21)22/h1-4,11,18H,5-8H2,(H,21,22). The number of hydrogen-bond donors (Lipinski definition) is 2. The molecule has 0 atom stereocenters. The van der Waals surface area contributed by atoms with Crippen LogP contribution in [0.2, 0.25) is 5.02 Å². The van der Waals surface area contributed by atoms with Crippen molar-refractivity contribution in [3.05, 3.63) is 34.9 Å². The summed E-state index contributed by atoms with van der Waals surface area (Å²) in [5.41, 5.74) is -0.410. The Morgan fingerprint density at radius 3 is 2.27 bits per heavy atom. The fourth-order valence-electron chi connectivity index (χ4n) is 2.38. The Balaban J connectivity index is 2.02. The maximum Gasteiger partial charge on any atom is 0.404 e. The normalized spacial score (nSPS) is 16.4. The lowest BCUT2D eigenvalue weighted by atomic mass is 10.0. The number of halogens is 3. The quantitative estimate of drug-likeness (QED) is 0.894. The van der Waals surface area contributed by atoms with E-state index in [9.17, 15) is 18.4 Å². The summed E-state index contributed by atoms with van der Waals surface area (Å²) in [5.74, 6) is -4.90. The Morgan fingerprint density at radius 2 is 1.77 bits per heavy atom. The van der Waals surface area contributed by atoms with Crippen LogP contribution in [-0.4, -0.2) is 41.1 Å². The van der Waals surface area contributed by atoms with Crippen LogP contribution in [0.4, 0.5) is 13.6 Å². The Bertz CT molecular complexity index is 558. The molecule has 1 aliphatic heterocycles. The first-order valence-corrected chi connectivity index (χ1v) is 7.11. The third-order valence-electron chi connectivity index (χ3n) is 3.59. The van der Waals surface area contributed by atoms with Gasteiger partial charge in [0.05, 0.1) is 0 Å². The highest BCUT2D eigenvalue weighted by Gasteiger charge is 2.44. The zero-order chi connectivity index (χ0) is 16.3. The van der Waals surface area contributed by atoms with Crippen molar-refractivity contribution in [1.29, 1.82) is 0 Å².